The Morgan fingerprint density at radius 3 is 1.94 bits per heavy atom. The molecule has 0 atom stereocenters. The van der Waals surface area contributed by atoms with Crippen molar-refractivity contribution in [3.05, 3.63) is 71.8 Å². The highest BCUT2D eigenvalue weighted by Crippen LogP contribution is 2.49. The molecule has 0 saturated heterocycles. The topological polar surface area (TPSA) is 64.7 Å². The van der Waals surface area contributed by atoms with Crippen molar-refractivity contribution < 1.29 is 9.59 Å². The van der Waals surface area contributed by atoms with Crippen LogP contribution in [0.3, 0.4) is 0 Å². The number of nitrogens with zero attached hydrogens (tertiary/aromatic N) is 2. The van der Waals surface area contributed by atoms with E-state index in [0.29, 0.717) is 16.4 Å². The summed E-state index contributed by atoms with van der Waals surface area (Å²) in [6, 6.07) is 19.8. The minimum absolute atomic E-state index is 0.218. The Bertz CT molecular complexity index is 962. The first-order valence-corrected chi connectivity index (χ1v) is 10.9. The molecular weight excluding hydrogens is 428 g/mol. The Hall–Kier alpha value is -2.84. The monoisotopic (exact) mass is 454 g/mol. The smallest absolute Gasteiger partial charge is 0.248 e. The number of rotatable bonds is 6. The first-order valence-electron chi connectivity index (χ1n) is 10.0. The summed E-state index contributed by atoms with van der Waals surface area (Å²) in [5.41, 5.74) is 7.33. The van der Waals surface area contributed by atoms with Crippen molar-refractivity contribution in [3.63, 3.8) is 0 Å². The van der Waals surface area contributed by atoms with Gasteiger partial charge >= 0.3 is 0 Å². The molecule has 0 radical (unpaired) electrons. The summed E-state index contributed by atoms with van der Waals surface area (Å²) in [5, 5.41) is 3.02. The second-order valence-corrected chi connectivity index (χ2v) is 8.53. The van der Waals surface area contributed by atoms with Gasteiger partial charge in [-0.3, -0.25) is 30.5 Å². The van der Waals surface area contributed by atoms with Crippen LogP contribution < -0.4 is 10.9 Å². The lowest BCUT2D eigenvalue weighted by atomic mass is 9.96. The normalized spacial score (nSPS) is 13.6. The van der Waals surface area contributed by atoms with E-state index in [4.69, 9.17) is 24.4 Å². The van der Waals surface area contributed by atoms with E-state index in [1.165, 1.54) is 5.01 Å². The number of hydrogen-bond donors (Lipinski definition) is 2. The standard InChI is InChI=1S/C23H26N4O2S2/c1-26(21(30)15-17-9-5-3-6-10-17)24-19(28)16-20(29)25-27(2)22(31)23(13-14-23)18-11-7-4-8-12-18/h3-12H,13-16H2,1-2H3,(H,24,28)(H,25,29). The molecule has 8 heteroatoms. The Balaban J connectivity index is 1.47. The van der Waals surface area contributed by atoms with Crippen molar-refractivity contribution >= 4 is 46.2 Å². The average Bonchev–Trinajstić information content (AvgIpc) is 3.56. The highest BCUT2D eigenvalue weighted by molar-refractivity contribution is 7.80. The van der Waals surface area contributed by atoms with E-state index < -0.39 is 11.8 Å². The lowest BCUT2D eigenvalue weighted by molar-refractivity contribution is -0.132. The van der Waals surface area contributed by atoms with Crippen LogP contribution in [0, 0.1) is 0 Å². The SMILES string of the molecule is CN(NC(=O)CC(=O)NN(C)C(=S)C1(c2ccccc2)CC1)C(=S)Cc1ccccc1. The molecule has 2 N–H and O–H groups in total. The molecular formula is C23H26N4O2S2. The quantitative estimate of drug-likeness (QED) is 0.398. The number of carbonyl (C=O) groups is 2. The molecule has 0 aliphatic heterocycles. The third kappa shape index (κ3) is 5.86. The molecule has 0 heterocycles. The number of nitrogens with one attached hydrogen (secondary N) is 2. The van der Waals surface area contributed by atoms with E-state index in [2.05, 4.69) is 23.0 Å². The molecule has 1 saturated carbocycles. The first-order chi connectivity index (χ1) is 14.8. The minimum Gasteiger partial charge on any atom is -0.282 e. The number of carbonyl (C=O) groups excluding carboxylic acids is 2. The van der Waals surface area contributed by atoms with E-state index in [1.807, 2.05) is 48.5 Å². The Morgan fingerprint density at radius 2 is 1.39 bits per heavy atom. The summed E-state index contributed by atoms with van der Waals surface area (Å²) in [6.07, 6.45) is 2.09. The molecule has 6 nitrogen and oxygen atoms in total. The molecule has 2 amide bonds. The molecule has 0 spiro atoms. The lowest BCUT2D eigenvalue weighted by Crippen LogP contribution is -2.49. The van der Waals surface area contributed by atoms with E-state index >= 15 is 0 Å². The van der Waals surface area contributed by atoms with Crippen molar-refractivity contribution in [1.82, 2.24) is 20.9 Å². The third-order valence-corrected chi connectivity index (χ3v) is 6.35. The van der Waals surface area contributed by atoms with Crippen LogP contribution in [0.15, 0.2) is 60.7 Å². The number of likely N-dealkylation sites (N-methyl/N-ethyl adjacent to an activating group) is 2. The fourth-order valence-corrected chi connectivity index (χ4v) is 4.01. The third-order valence-electron chi connectivity index (χ3n) is 5.27. The van der Waals surface area contributed by atoms with Crippen LogP contribution in [0.1, 0.15) is 30.4 Å². The van der Waals surface area contributed by atoms with Gasteiger partial charge in [-0.2, -0.15) is 0 Å². The molecule has 0 unspecified atom stereocenters. The highest BCUT2D eigenvalue weighted by Gasteiger charge is 2.49. The van der Waals surface area contributed by atoms with Gasteiger partial charge in [0.15, 0.2) is 0 Å². The van der Waals surface area contributed by atoms with Gasteiger partial charge in [-0.15, -0.1) is 0 Å². The fraction of sp³-hybridized carbons (Fsp3) is 0.304. The second-order valence-electron chi connectivity index (χ2n) is 7.67. The van der Waals surface area contributed by atoms with E-state index in [9.17, 15) is 9.59 Å². The second kappa shape index (κ2) is 9.98. The van der Waals surface area contributed by atoms with Crippen molar-refractivity contribution in [2.45, 2.75) is 31.1 Å². The largest absolute Gasteiger partial charge is 0.282 e. The first kappa shape index (κ1) is 22.8. The molecule has 31 heavy (non-hydrogen) atoms. The van der Waals surface area contributed by atoms with Gasteiger partial charge in [0.25, 0.3) is 0 Å². The van der Waals surface area contributed by atoms with Crippen molar-refractivity contribution in [1.29, 1.82) is 0 Å². The van der Waals surface area contributed by atoms with Crippen molar-refractivity contribution in [2.75, 3.05) is 14.1 Å². The van der Waals surface area contributed by atoms with Crippen LogP contribution in [0.25, 0.3) is 0 Å². The van der Waals surface area contributed by atoms with Gasteiger partial charge in [-0.1, -0.05) is 85.1 Å². The molecule has 1 aliphatic rings. The van der Waals surface area contributed by atoms with Crippen LogP contribution in [-0.2, 0) is 21.4 Å². The maximum atomic E-state index is 12.4. The Labute approximate surface area is 193 Å². The van der Waals surface area contributed by atoms with Gasteiger partial charge < -0.3 is 0 Å². The van der Waals surface area contributed by atoms with Gasteiger partial charge in [-0.05, 0) is 24.0 Å². The molecule has 1 fully saturated rings. The van der Waals surface area contributed by atoms with Crippen molar-refractivity contribution in [3.8, 4) is 0 Å². The zero-order valence-electron chi connectivity index (χ0n) is 17.6. The van der Waals surface area contributed by atoms with Crippen LogP contribution in [0.2, 0.25) is 0 Å². The van der Waals surface area contributed by atoms with Crippen molar-refractivity contribution in [2.24, 2.45) is 0 Å². The van der Waals surface area contributed by atoms with Crippen LogP contribution in [0.5, 0.6) is 0 Å². The van der Waals surface area contributed by atoms with Gasteiger partial charge in [0.2, 0.25) is 11.8 Å². The molecule has 3 rings (SSSR count). The molecule has 2 aromatic rings. The zero-order valence-corrected chi connectivity index (χ0v) is 19.3. The van der Waals surface area contributed by atoms with Gasteiger partial charge in [0, 0.05) is 25.9 Å². The van der Waals surface area contributed by atoms with E-state index in [1.54, 1.807) is 19.1 Å². The molecule has 2 aromatic carbocycles. The van der Waals surface area contributed by atoms with Gasteiger partial charge in [0.05, 0.1) is 0 Å². The average molecular weight is 455 g/mol. The summed E-state index contributed by atoms with van der Waals surface area (Å²) in [6.45, 7) is 0. The molecule has 162 valence electrons. The number of benzene rings is 2. The van der Waals surface area contributed by atoms with Crippen LogP contribution in [0.4, 0.5) is 0 Å². The maximum Gasteiger partial charge on any atom is 0.248 e. The summed E-state index contributed by atoms with van der Waals surface area (Å²) in [5.74, 6) is -0.882. The molecule has 0 bridgehead atoms. The number of hydrogen-bond acceptors (Lipinski definition) is 4. The summed E-state index contributed by atoms with van der Waals surface area (Å²) in [7, 11) is 3.38. The fourth-order valence-electron chi connectivity index (χ4n) is 3.43. The van der Waals surface area contributed by atoms with Gasteiger partial charge in [-0.25, -0.2) is 0 Å². The number of amides is 2. The zero-order chi connectivity index (χ0) is 22.4. The van der Waals surface area contributed by atoms with Crippen LogP contribution in [-0.4, -0.2) is 45.9 Å². The minimum atomic E-state index is -0.445. The van der Waals surface area contributed by atoms with Crippen LogP contribution >= 0.6 is 24.4 Å². The lowest BCUT2D eigenvalue weighted by Gasteiger charge is -2.27. The Morgan fingerprint density at radius 1 is 0.871 bits per heavy atom. The maximum absolute atomic E-state index is 12.4. The summed E-state index contributed by atoms with van der Waals surface area (Å²) >= 11 is 11.0. The predicted molar refractivity (Wildman–Crippen MR) is 129 cm³/mol. The van der Waals surface area contributed by atoms with Gasteiger partial charge in [0.1, 0.15) is 16.4 Å². The van der Waals surface area contributed by atoms with E-state index in [-0.39, 0.29) is 11.8 Å². The number of hydrazine groups is 2. The highest BCUT2D eigenvalue weighted by atomic mass is 32.1. The summed E-state index contributed by atoms with van der Waals surface area (Å²) < 4.78 is 0. The Kier molecular flexibility index (Phi) is 7.35. The van der Waals surface area contributed by atoms with E-state index in [0.717, 1.165) is 24.0 Å². The number of thiocarbonyl (C=S) groups is 2. The predicted octanol–water partition coefficient (Wildman–Crippen LogP) is 2.93. The summed E-state index contributed by atoms with van der Waals surface area (Å²) in [4.78, 5) is 25.8. The molecule has 0 aromatic heterocycles. The molecule has 1 aliphatic carbocycles.